The molecule has 0 heterocycles. The third kappa shape index (κ3) is 4.94. The average Bonchev–Trinajstić information content (AvgIpc) is 2.41. The van der Waals surface area contributed by atoms with Crippen LogP contribution in [0.4, 0.5) is 18.9 Å². The highest BCUT2D eigenvalue weighted by atomic mass is 19.4. The Morgan fingerprint density at radius 2 is 1.83 bits per heavy atom. The highest BCUT2D eigenvalue weighted by Crippen LogP contribution is 2.32. The van der Waals surface area contributed by atoms with Crippen molar-refractivity contribution in [2.24, 2.45) is 0 Å². The summed E-state index contributed by atoms with van der Waals surface area (Å²) in [5, 5.41) is 11.2. The standard InChI is InChI=1S/C15H19F3N2O3/c1-5-19(9-15(16,17)18)13(21)10-6-7-11(14(2,3)4)12(8-10)20(22)23/h6-8H,5,9H2,1-4H3. The SMILES string of the molecule is CCN(CC(F)(F)F)C(=O)c1ccc(C(C)(C)C)c([N+](=O)[O-])c1. The molecular formula is C15H19F3N2O3. The van der Waals surface area contributed by atoms with Crippen molar-refractivity contribution in [3.05, 3.63) is 39.4 Å². The van der Waals surface area contributed by atoms with Crippen LogP contribution in [0.15, 0.2) is 18.2 Å². The number of nitro benzene ring substituents is 1. The van der Waals surface area contributed by atoms with Crippen LogP contribution < -0.4 is 0 Å². The predicted octanol–water partition coefficient (Wildman–Crippen LogP) is 3.92. The topological polar surface area (TPSA) is 63.5 Å². The van der Waals surface area contributed by atoms with Gasteiger partial charge in [-0.1, -0.05) is 26.8 Å². The number of rotatable bonds is 4. The third-order valence-corrected chi connectivity index (χ3v) is 3.29. The van der Waals surface area contributed by atoms with Gasteiger partial charge in [0.25, 0.3) is 11.6 Å². The molecule has 0 aromatic heterocycles. The lowest BCUT2D eigenvalue weighted by Crippen LogP contribution is -2.38. The van der Waals surface area contributed by atoms with Crippen molar-refractivity contribution in [1.82, 2.24) is 4.90 Å². The van der Waals surface area contributed by atoms with Gasteiger partial charge in [-0.25, -0.2) is 0 Å². The van der Waals surface area contributed by atoms with Crippen molar-refractivity contribution >= 4 is 11.6 Å². The highest BCUT2D eigenvalue weighted by molar-refractivity contribution is 5.95. The van der Waals surface area contributed by atoms with E-state index in [0.717, 1.165) is 6.07 Å². The molecule has 0 aliphatic carbocycles. The van der Waals surface area contributed by atoms with E-state index in [-0.39, 0.29) is 17.8 Å². The van der Waals surface area contributed by atoms with Gasteiger partial charge in [-0.3, -0.25) is 14.9 Å². The first-order valence-corrected chi connectivity index (χ1v) is 7.01. The van der Waals surface area contributed by atoms with Crippen LogP contribution in [0.25, 0.3) is 0 Å². The Morgan fingerprint density at radius 3 is 2.22 bits per heavy atom. The average molecular weight is 332 g/mol. The van der Waals surface area contributed by atoms with Crippen LogP contribution in [0.1, 0.15) is 43.6 Å². The number of carbonyl (C=O) groups is 1. The fraction of sp³-hybridized carbons (Fsp3) is 0.533. The molecule has 0 N–H and O–H groups in total. The maximum absolute atomic E-state index is 12.5. The van der Waals surface area contributed by atoms with Crippen LogP contribution in [-0.2, 0) is 5.41 Å². The second-order valence-corrected chi connectivity index (χ2v) is 6.17. The molecule has 1 aromatic rings. The van der Waals surface area contributed by atoms with Crippen LogP contribution in [0, 0.1) is 10.1 Å². The van der Waals surface area contributed by atoms with E-state index in [9.17, 15) is 28.1 Å². The molecular weight excluding hydrogens is 313 g/mol. The number of nitro groups is 1. The second-order valence-electron chi connectivity index (χ2n) is 6.17. The Balaban J connectivity index is 3.26. The number of hydrogen-bond acceptors (Lipinski definition) is 3. The Kier molecular flexibility index (Phi) is 5.39. The summed E-state index contributed by atoms with van der Waals surface area (Å²) < 4.78 is 37.5. The summed E-state index contributed by atoms with van der Waals surface area (Å²) in [5.41, 5.74) is -0.513. The third-order valence-electron chi connectivity index (χ3n) is 3.29. The lowest BCUT2D eigenvalue weighted by atomic mass is 9.85. The Hall–Kier alpha value is -2.12. The molecule has 0 radical (unpaired) electrons. The van der Waals surface area contributed by atoms with Crippen LogP contribution in [0.5, 0.6) is 0 Å². The molecule has 0 saturated carbocycles. The van der Waals surface area contributed by atoms with E-state index in [0.29, 0.717) is 10.5 Å². The van der Waals surface area contributed by atoms with E-state index in [1.807, 2.05) is 0 Å². The molecule has 0 unspecified atom stereocenters. The predicted molar refractivity (Wildman–Crippen MR) is 79.4 cm³/mol. The van der Waals surface area contributed by atoms with Gasteiger partial charge in [0.1, 0.15) is 6.54 Å². The number of benzene rings is 1. The summed E-state index contributed by atoms with van der Waals surface area (Å²) in [6.45, 7) is 5.21. The Labute approximate surface area is 132 Å². The molecule has 0 spiro atoms. The van der Waals surface area contributed by atoms with E-state index in [4.69, 9.17) is 0 Å². The van der Waals surface area contributed by atoms with Crippen molar-refractivity contribution in [3.8, 4) is 0 Å². The number of halogens is 3. The van der Waals surface area contributed by atoms with Crippen molar-refractivity contribution in [2.75, 3.05) is 13.1 Å². The zero-order chi connectivity index (χ0) is 18.0. The summed E-state index contributed by atoms with van der Waals surface area (Å²) in [6.07, 6.45) is -4.52. The quantitative estimate of drug-likeness (QED) is 0.620. The van der Waals surface area contributed by atoms with Gasteiger partial charge in [-0.05, 0) is 18.4 Å². The summed E-state index contributed by atoms with van der Waals surface area (Å²) >= 11 is 0. The molecule has 128 valence electrons. The summed E-state index contributed by atoms with van der Waals surface area (Å²) in [4.78, 5) is 23.4. The van der Waals surface area contributed by atoms with Gasteiger partial charge in [0, 0.05) is 23.7 Å². The molecule has 5 nitrogen and oxygen atoms in total. The molecule has 0 atom stereocenters. The van der Waals surface area contributed by atoms with Gasteiger partial charge < -0.3 is 4.90 Å². The second kappa shape index (κ2) is 6.55. The van der Waals surface area contributed by atoms with Crippen molar-refractivity contribution in [2.45, 2.75) is 39.3 Å². The van der Waals surface area contributed by atoms with Crippen LogP contribution in [0.3, 0.4) is 0 Å². The molecule has 0 saturated heterocycles. The zero-order valence-corrected chi connectivity index (χ0v) is 13.4. The maximum atomic E-state index is 12.5. The monoisotopic (exact) mass is 332 g/mol. The van der Waals surface area contributed by atoms with Gasteiger partial charge >= 0.3 is 6.18 Å². The van der Waals surface area contributed by atoms with Crippen molar-refractivity contribution < 1.29 is 22.9 Å². The first-order valence-electron chi connectivity index (χ1n) is 7.01. The molecule has 0 fully saturated rings. The molecule has 1 rings (SSSR count). The Morgan fingerprint density at radius 1 is 1.26 bits per heavy atom. The number of amides is 1. The van der Waals surface area contributed by atoms with E-state index in [1.54, 1.807) is 20.8 Å². The minimum Gasteiger partial charge on any atom is -0.330 e. The maximum Gasteiger partial charge on any atom is 0.406 e. The van der Waals surface area contributed by atoms with E-state index in [1.165, 1.54) is 19.1 Å². The van der Waals surface area contributed by atoms with Crippen LogP contribution in [-0.4, -0.2) is 35.0 Å². The van der Waals surface area contributed by atoms with Gasteiger partial charge in [0.15, 0.2) is 0 Å². The number of alkyl halides is 3. The van der Waals surface area contributed by atoms with Gasteiger partial charge in [-0.2, -0.15) is 13.2 Å². The number of hydrogen-bond donors (Lipinski definition) is 0. The zero-order valence-electron chi connectivity index (χ0n) is 13.4. The largest absolute Gasteiger partial charge is 0.406 e. The molecule has 8 heteroatoms. The minimum atomic E-state index is -4.52. The van der Waals surface area contributed by atoms with Crippen molar-refractivity contribution in [1.29, 1.82) is 0 Å². The number of nitrogens with zero attached hydrogens (tertiary/aromatic N) is 2. The summed E-state index contributed by atoms with van der Waals surface area (Å²) in [7, 11) is 0. The summed E-state index contributed by atoms with van der Waals surface area (Å²) in [6, 6.07) is 3.80. The van der Waals surface area contributed by atoms with Crippen LogP contribution in [0.2, 0.25) is 0 Å². The molecule has 1 amide bonds. The van der Waals surface area contributed by atoms with Crippen molar-refractivity contribution in [3.63, 3.8) is 0 Å². The first kappa shape index (κ1) is 18.9. The van der Waals surface area contributed by atoms with Gasteiger partial charge in [-0.15, -0.1) is 0 Å². The fourth-order valence-electron chi connectivity index (χ4n) is 2.18. The Bertz CT molecular complexity index is 607. The lowest BCUT2D eigenvalue weighted by molar-refractivity contribution is -0.386. The highest BCUT2D eigenvalue weighted by Gasteiger charge is 2.33. The fourth-order valence-corrected chi connectivity index (χ4v) is 2.18. The molecule has 1 aromatic carbocycles. The van der Waals surface area contributed by atoms with Gasteiger partial charge in [0.05, 0.1) is 4.92 Å². The molecule has 23 heavy (non-hydrogen) atoms. The van der Waals surface area contributed by atoms with Crippen LogP contribution >= 0.6 is 0 Å². The minimum absolute atomic E-state index is 0.129. The van der Waals surface area contributed by atoms with E-state index in [2.05, 4.69) is 0 Å². The molecule has 0 bridgehead atoms. The normalized spacial score (nSPS) is 12.1. The van der Waals surface area contributed by atoms with E-state index < -0.39 is 29.0 Å². The molecule has 0 aliphatic rings. The first-order chi connectivity index (χ1) is 10.4. The van der Waals surface area contributed by atoms with E-state index >= 15 is 0 Å². The van der Waals surface area contributed by atoms with Gasteiger partial charge in [0.2, 0.25) is 0 Å². The smallest absolute Gasteiger partial charge is 0.330 e. The number of carbonyl (C=O) groups excluding carboxylic acids is 1. The molecule has 0 aliphatic heterocycles. The lowest BCUT2D eigenvalue weighted by Gasteiger charge is -2.23. The summed E-state index contributed by atoms with van der Waals surface area (Å²) in [5.74, 6) is -0.881.